The van der Waals surface area contributed by atoms with Crippen LogP contribution in [0.25, 0.3) is 0 Å². The quantitative estimate of drug-likeness (QED) is 0.895. The lowest BCUT2D eigenvalue weighted by Gasteiger charge is -2.21. The molecule has 2 amide bonds. The molecule has 5 nitrogen and oxygen atoms in total. The Hall–Kier alpha value is -1.88. The average Bonchev–Trinajstić information content (AvgIpc) is 3.31. The number of carbonyl (C=O) groups is 2. The normalized spacial score (nSPS) is 25.5. The van der Waals surface area contributed by atoms with Gasteiger partial charge in [-0.05, 0) is 24.3 Å². The van der Waals surface area contributed by atoms with Gasteiger partial charge in [-0.25, -0.2) is 0 Å². The summed E-state index contributed by atoms with van der Waals surface area (Å²) >= 11 is 0. The molecule has 0 bridgehead atoms. The molecule has 2 fully saturated rings. The summed E-state index contributed by atoms with van der Waals surface area (Å²) in [5.74, 6) is 0.504. The van der Waals surface area contributed by atoms with Gasteiger partial charge < -0.3 is 10.6 Å². The Bertz CT molecular complexity index is 546. The zero-order valence-corrected chi connectivity index (χ0v) is 12.8. The topological polar surface area (TPSA) is 66.6 Å². The van der Waals surface area contributed by atoms with Crippen LogP contribution >= 0.6 is 0 Å². The molecule has 1 aromatic carbocycles. The van der Waals surface area contributed by atoms with E-state index >= 15 is 0 Å². The van der Waals surface area contributed by atoms with Crippen molar-refractivity contribution in [1.29, 1.82) is 0 Å². The van der Waals surface area contributed by atoms with Crippen molar-refractivity contribution < 1.29 is 9.59 Å². The zero-order valence-electron chi connectivity index (χ0n) is 12.8. The highest BCUT2D eigenvalue weighted by atomic mass is 16.2. The Balaban J connectivity index is 1.54. The van der Waals surface area contributed by atoms with Gasteiger partial charge in [0, 0.05) is 32.1 Å². The first-order valence-electron chi connectivity index (χ1n) is 7.99. The van der Waals surface area contributed by atoms with Gasteiger partial charge in [-0.2, -0.15) is 0 Å². The molecule has 2 aliphatic rings. The van der Waals surface area contributed by atoms with Gasteiger partial charge in [0.15, 0.2) is 0 Å². The molecule has 0 unspecified atom stereocenters. The predicted octanol–water partition coefficient (Wildman–Crippen LogP) is 0.810. The number of nitrogens with zero attached hydrogens (tertiary/aromatic N) is 2. The fraction of sp³-hybridized carbons (Fsp3) is 0.529. The third-order valence-corrected chi connectivity index (χ3v) is 4.61. The molecule has 1 heterocycles. The molecule has 0 spiro atoms. The molecule has 3 rings (SSSR count). The number of nitrogens with two attached hydrogens (primary N) is 1. The number of benzene rings is 1. The van der Waals surface area contributed by atoms with E-state index in [9.17, 15) is 9.59 Å². The first kappa shape index (κ1) is 15.0. The van der Waals surface area contributed by atoms with Gasteiger partial charge in [0.05, 0.1) is 6.54 Å². The maximum Gasteiger partial charge on any atom is 0.231 e. The largest absolute Gasteiger partial charge is 0.369 e. The van der Waals surface area contributed by atoms with Crippen molar-refractivity contribution in [3.05, 3.63) is 35.9 Å². The van der Waals surface area contributed by atoms with Gasteiger partial charge in [-0.1, -0.05) is 30.3 Å². The summed E-state index contributed by atoms with van der Waals surface area (Å²) in [4.78, 5) is 27.7. The van der Waals surface area contributed by atoms with Crippen LogP contribution in [0.4, 0.5) is 0 Å². The minimum Gasteiger partial charge on any atom is -0.369 e. The lowest BCUT2D eigenvalue weighted by molar-refractivity contribution is -0.132. The van der Waals surface area contributed by atoms with Gasteiger partial charge in [0.2, 0.25) is 11.8 Å². The highest BCUT2D eigenvalue weighted by Gasteiger charge is 2.45. The second kappa shape index (κ2) is 6.48. The van der Waals surface area contributed by atoms with Crippen molar-refractivity contribution >= 4 is 11.8 Å². The predicted molar refractivity (Wildman–Crippen MR) is 84.1 cm³/mol. The molecule has 118 valence electrons. The summed E-state index contributed by atoms with van der Waals surface area (Å²) in [6, 6.07) is 10.3. The number of rotatable bonds is 4. The Morgan fingerprint density at radius 2 is 1.86 bits per heavy atom. The smallest absolute Gasteiger partial charge is 0.231 e. The van der Waals surface area contributed by atoms with Crippen LogP contribution in [-0.2, 0) is 9.59 Å². The monoisotopic (exact) mass is 301 g/mol. The Kier molecular flexibility index (Phi) is 4.43. The summed E-state index contributed by atoms with van der Waals surface area (Å²) in [6.07, 6.45) is 1.87. The first-order valence-corrected chi connectivity index (χ1v) is 7.99. The van der Waals surface area contributed by atoms with Crippen molar-refractivity contribution in [1.82, 2.24) is 9.80 Å². The average molecular weight is 301 g/mol. The lowest BCUT2D eigenvalue weighted by Crippen LogP contribution is -2.38. The molecule has 0 aromatic heterocycles. The van der Waals surface area contributed by atoms with E-state index in [1.165, 1.54) is 5.56 Å². The first-order chi connectivity index (χ1) is 10.6. The summed E-state index contributed by atoms with van der Waals surface area (Å²) < 4.78 is 0. The van der Waals surface area contributed by atoms with Gasteiger partial charge in [-0.15, -0.1) is 0 Å². The third-order valence-electron chi connectivity index (χ3n) is 4.61. The molecular weight excluding hydrogens is 278 g/mol. The minimum atomic E-state index is -0.300. The highest BCUT2D eigenvalue weighted by molar-refractivity contribution is 5.83. The van der Waals surface area contributed by atoms with Crippen LogP contribution in [0.15, 0.2) is 30.3 Å². The highest BCUT2D eigenvalue weighted by Crippen LogP contribution is 2.48. The van der Waals surface area contributed by atoms with E-state index in [0.717, 1.165) is 32.5 Å². The van der Waals surface area contributed by atoms with E-state index in [1.54, 1.807) is 0 Å². The van der Waals surface area contributed by atoms with Gasteiger partial charge in [-0.3, -0.25) is 14.5 Å². The van der Waals surface area contributed by atoms with E-state index in [-0.39, 0.29) is 24.3 Å². The number of carbonyl (C=O) groups excluding carboxylic acids is 2. The minimum absolute atomic E-state index is 0.144. The fourth-order valence-corrected chi connectivity index (χ4v) is 3.34. The van der Waals surface area contributed by atoms with Crippen LogP contribution in [0.2, 0.25) is 0 Å². The van der Waals surface area contributed by atoms with Crippen LogP contribution in [0.5, 0.6) is 0 Å². The summed E-state index contributed by atoms with van der Waals surface area (Å²) in [6.45, 7) is 3.34. The summed E-state index contributed by atoms with van der Waals surface area (Å²) in [7, 11) is 0. The molecule has 5 heteroatoms. The van der Waals surface area contributed by atoms with Crippen molar-refractivity contribution in [3.63, 3.8) is 0 Å². The lowest BCUT2D eigenvalue weighted by atomic mass is 10.1. The van der Waals surface area contributed by atoms with Crippen molar-refractivity contribution in [2.75, 3.05) is 32.7 Å². The zero-order chi connectivity index (χ0) is 15.5. The molecule has 1 aromatic rings. The molecule has 22 heavy (non-hydrogen) atoms. The molecule has 1 saturated carbocycles. The molecule has 0 radical (unpaired) electrons. The number of amides is 2. The fourth-order valence-electron chi connectivity index (χ4n) is 3.34. The van der Waals surface area contributed by atoms with Gasteiger partial charge >= 0.3 is 0 Å². The Labute approximate surface area is 131 Å². The van der Waals surface area contributed by atoms with Crippen LogP contribution in [0.1, 0.15) is 24.3 Å². The SMILES string of the molecule is NC(=O)CN1CCCN(C(=O)[C@H]2C[C@@H]2c2ccccc2)CC1. The molecule has 1 aliphatic carbocycles. The van der Waals surface area contributed by atoms with Crippen LogP contribution in [0, 0.1) is 5.92 Å². The van der Waals surface area contributed by atoms with Crippen LogP contribution < -0.4 is 5.73 Å². The molecule has 2 N–H and O–H groups in total. The molecular formula is C17H23N3O2. The molecule has 2 atom stereocenters. The van der Waals surface area contributed by atoms with E-state index in [0.29, 0.717) is 12.5 Å². The number of primary amides is 1. The van der Waals surface area contributed by atoms with Gasteiger partial charge in [0.1, 0.15) is 0 Å². The van der Waals surface area contributed by atoms with Crippen molar-refractivity contribution in [3.8, 4) is 0 Å². The van der Waals surface area contributed by atoms with Crippen LogP contribution in [0.3, 0.4) is 0 Å². The van der Waals surface area contributed by atoms with Crippen molar-refractivity contribution in [2.45, 2.75) is 18.8 Å². The number of hydrogen-bond donors (Lipinski definition) is 1. The van der Waals surface area contributed by atoms with E-state index in [2.05, 4.69) is 12.1 Å². The standard InChI is InChI=1S/C17H23N3O2/c18-16(21)12-19-7-4-8-20(10-9-19)17(22)15-11-14(15)13-5-2-1-3-6-13/h1-3,5-6,14-15H,4,7-12H2,(H2,18,21)/t14-,15+/m1/s1. The Morgan fingerprint density at radius 1 is 1.09 bits per heavy atom. The third kappa shape index (κ3) is 3.47. The summed E-state index contributed by atoms with van der Waals surface area (Å²) in [5, 5.41) is 0. The molecule has 1 saturated heterocycles. The van der Waals surface area contributed by atoms with Crippen molar-refractivity contribution in [2.24, 2.45) is 11.7 Å². The van der Waals surface area contributed by atoms with E-state index in [4.69, 9.17) is 5.73 Å². The summed E-state index contributed by atoms with van der Waals surface area (Å²) in [5.41, 5.74) is 6.52. The number of hydrogen-bond acceptors (Lipinski definition) is 3. The van der Waals surface area contributed by atoms with E-state index < -0.39 is 0 Å². The maximum atomic E-state index is 12.6. The second-order valence-electron chi connectivity index (χ2n) is 6.28. The van der Waals surface area contributed by atoms with E-state index in [1.807, 2.05) is 28.0 Å². The second-order valence-corrected chi connectivity index (χ2v) is 6.28. The Morgan fingerprint density at radius 3 is 2.59 bits per heavy atom. The molecule has 1 aliphatic heterocycles. The van der Waals surface area contributed by atoms with Gasteiger partial charge in [0.25, 0.3) is 0 Å². The van der Waals surface area contributed by atoms with Crippen LogP contribution in [-0.4, -0.2) is 54.3 Å². The maximum absolute atomic E-state index is 12.6.